The minimum atomic E-state index is -0.237. The van der Waals surface area contributed by atoms with Crippen molar-refractivity contribution in [2.45, 2.75) is 26.4 Å². The lowest BCUT2D eigenvalue weighted by molar-refractivity contribution is -0.140. The van der Waals surface area contributed by atoms with Crippen molar-refractivity contribution in [3.63, 3.8) is 0 Å². The molecule has 1 saturated carbocycles. The highest BCUT2D eigenvalue weighted by Gasteiger charge is 2.59. The van der Waals surface area contributed by atoms with Gasteiger partial charge in [-0.15, -0.1) is 0 Å². The van der Waals surface area contributed by atoms with E-state index in [9.17, 15) is 9.59 Å². The van der Waals surface area contributed by atoms with Crippen molar-refractivity contribution < 1.29 is 14.3 Å². The number of carbonyl (C=O) groups excluding carboxylic acids is 2. The fourth-order valence-electron chi connectivity index (χ4n) is 4.88. The monoisotopic (exact) mass is 374 g/mol. The van der Waals surface area contributed by atoms with Crippen LogP contribution in [0, 0.1) is 23.7 Å². The minimum absolute atomic E-state index is 0.00409. The van der Waals surface area contributed by atoms with Crippen molar-refractivity contribution in [1.82, 2.24) is 5.01 Å². The van der Waals surface area contributed by atoms with E-state index in [2.05, 4.69) is 17.3 Å². The average molecular weight is 374 g/mol. The third-order valence-electron chi connectivity index (χ3n) is 6.04. The second kappa shape index (κ2) is 6.30. The molecule has 2 aliphatic carbocycles. The van der Waals surface area contributed by atoms with Crippen LogP contribution >= 0.6 is 0 Å². The van der Waals surface area contributed by atoms with Gasteiger partial charge in [-0.1, -0.05) is 42.5 Å². The van der Waals surface area contributed by atoms with Gasteiger partial charge in [-0.3, -0.25) is 9.59 Å². The summed E-state index contributed by atoms with van der Waals surface area (Å²) in [6, 6.07) is 11.9. The molecule has 0 aromatic heterocycles. The van der Waals surface area contributed by atoms with E-state index in [4.69, 9.17) is 4.74 Å². The number of benzene rings is 2. The van der Waals surface area contributed by atoms with Crippen LogP contribution in [-0.2, 0) is 9.59 Å². The quantitative estimate of drug-likeness (QED) is 0.465. The number of allylic oxidation sites excluding steroid dienone is 2. The van der Waals surface area contributed by atoms with Gasteiger partial charge in [0.1, 0.15) is 5.75 Å². The molecule has 2 amide bonds. The maximum absolute atomic E-state index is 12.9. The molecular weight excluding hydrogens is 352 g/mol. The molecule has 2 bridgehead atoms. The number of carbonyl (C=O) groups is 2. The zero-order valence-corrected chi connectivity index (χ0v) is 15.9. The highest BCUT2D eigenvalue weighted by Crippen LogP contribution is 2.52. The van der Waals surface area contributed by atoms with Crippen molar-refractivity contribution in [2.24, 2.45) is 28.8 Å². The van der Waals surface area contributed by atoms with Crippen molar-refractivity contribution in [3.8, 4) is 5.75 Å². The lowest BCUT2D eigenvalue weighted by Gasteiger charge is -2.15. The number of imide groups is 1. The Morgan fingerprint density at radius 1 is 1.04 bits per heavy atom. The summed E-state index contributed by atoms with van der Waals surface area (Å²) in [5.41, 5.74) is 0.783. The van der Waals surface area contributed by atoms with Crippen LogP contribution in [0.5, 0.6) is 5.75 Å². The van der Waals surface area contributed by atoms with Crippen LogP contribution in [0.4, 0.5) is 0 Å². The maximum Gasteiger partial charge on any atom is 0.254 e. The standard InChI is InChI=1S/C23H22N2O3/c1-13(2)28-19-10-9-14-5-3-4-6-17(14)18(19)12-24-25-22(26)20-15-7-8-16(11-15)21(20)23(25)27/h3-10,12-13,15-16,20-21H,11H2,1-2H3/b24-12-/t15-,16-,20+,21+/m0/s1. The average Bonchev–Trinajstić information content (AvgIpc) is 3.35. The van der Waals surface area contributed by atoms with E-state index in [1.807, 2.05) is 50.2 Å². The minimum Gasteiger partial charge on any atom is -0.490 e. The molecule has 0 radical (unpaired) electrons. The largest absolute Gasteiger partial charge is 0.490 e. The van der Waals surface area contributed by atoms with Crippen LogP contribution in [0.2, 0.25) is 0 Å². The van der Waals surface area contributed by atoms with Crippen LogP contribution in [0.15, 0.2) is 53.7 Å². The molecule has 142 valence electrons. The number of hydrogen-bond acceptors (Lipinski definition) is 4. The van der Waals surface area contributed by atoms with Crippen LogP contribution in [0.25, 0.3) is 10.8 Å². The summed E-state index contributed by atoms with van der Waals surface area (Å²) in [5.74, 6) is 0.244. The lowest BCUT2D eigenvalue weighted by atomic mass is 9.85. The van der Waals surface area contributed by atoms with Gasteiger partial charge in [0.2, 0.25) is 0 Å². The Bertz CT molecular complexity index is 1010. The first-order chi connectivity index (χ1) is 13.5. The van der Waals surface area contributed by atoms with Crippen molar-refractivity contribution in [1.29, 1.82) is 0 Å². The zero-order chi connectivity index (χ0) is 19.4. The Kier molecular flexibility index (Phi) is 3.86. The number of fused-ring (bicyclic) bond motifs is 6. The van der Waals surface area contributed by atoms with E-state index < -0.39 is 0 Å². The van der Waals surface area contributed by atoms with Gasteiger partial charge >= 0.3 is 0 Å². The Morgan fingerprint density at radius 3 is 2.39 bits per heavy atom. The molecule has 1 aliphatic heterocycles. The first kappa shape index (κ1) is 17.2. The van der Waals surface area contributed by atoms with E-state index in [0.717, 1.165) is 27.8 Å². The van der Waals surface area contributed by atoms with Crippen molar-refractivity contribution >= 4 is 28.8 Å². The summed E-state index contributed by atoms with van der Waals surface area (Å²) in [6.07, 6.45) is 6.70. The van der Waals surface area contributed by atoms with Gasteiger partial charge in [0.15, 0.2) is 0 Å². The van der Waals surface area contributed by atoms with Crippen LogP contribution < -0.4 is 4.74 Å². The number of amides is 2. The molecule has 28 heavy (non-hydrogen) atoms. The molecule has 0 N–H and O–H groups in total. The molecule has 0 unspecified atom stereocenters. The first-order valence-electron chi connectivity index (χ1n) is 9.83. The molecule has 4 atom stereocenters. The molecule has 5 rings (SSSR count). The second-order valence-corrected chi connectivity index (χ2v) is 8.10. The summed E-state index contributed by atoms with van der Waals surface area (Å²) in [5, 5.41) is 7.47. The molecule has 5 nitrogen and oxygen atoms in total. The molecule has 1 heterocycles. The summed E-state index contributed by atoms with van der Waals surface area (Å²) < 4.78 is 5.95. The highest BCUT2D eigenvalue weighted by atomic mass is 16.5. The highest BCUT2D eigenvalue weighted by molar-refractivity contribution is 6.08. The number of hydrazone groups is 1. The van der Waals surface area contributed by atoms with E-state index in [1.165, 1.54) is 0 Å². The van der Waals surface area contributed by atoms with Crippen LogP contribution in [0.1, 0.15) is 25.8 Å². The molecule has 2 fully saturated rings. The summed E-state index contributed by atoms with van der Waals surface area (Å²) in [6.45, 7) is 3.93. The van der Waals surface area contributed by atoms with E-state index in [-0.39, 0.29) is 41.6 Å². The predicted molar refractivity (Wildman–Crippen MR) is 107 cm³/mol. The maximum atomic E-state index is 12.9. The van der Waals surface area contributed by atoms with E-state index in [1.54, 1.807) is 6.21 Å². The summed E-state index contributed by atoms with van der Waals surface area (Å²) in [4.78, 5) is 25.7. The van der Waals surface area contributed by atoms with Crippen LogP contribution in [0.3, 0.4) is 0 Å². The van der Waals surface area contributed by atoms with E-state index in [0.29, 0.717) is 5.75 Å². The lowest BCUT2D eigenvalue weighted by Crippen LogP contribution is -2.28. The second-order valence-electron chi connectivity index (χ2n) is 8.10. The van der Waals surface area contributed by atoms with Gasteiger partial charge in [-0.05, 0) is 48.9 Å². The first-order valence-corrected chi connectivity index (χ1v) is 9.83. The third kappa shape index (κ3) is 2.49. The molecule has 2 aromatic rings. The molecule has 2 aromatic carbocycles. The van der Waals surface area contributed by atoms with Gasteiger partial charge in [0.25, 0.3) is 11.8 Å². The SMILES string of the molecule is CC(C)Oc1ccc2ccccc2c1/C=N\N1C(=O)[C@H]2[C@H](C1=O)[C@H]1C=C[C@H]2C1. The molecule has 3 aliphatic rings. The summed E-state index contributed by atoms with van der Waals surface area (Å²) in [7, 11) is 0. The van der Waals surface area contributed by atoms with Gasteiger partial charge in [-0.25, -0.2) is 0 Å². The van der Waals surface area contributed by atoms with Gasteiger partial charge < -0.3 is 4.74 Å². The molecule has 1 saturated heterocycles. The fourth-order valence-corrected chi connectivity index (χ4v) is 4.88. The smallest absolute Gasteiger partial charge is 0.254 e. The molecular formula is C23H22N2O3. The normalized spacial score (nSPS) is 28.3. The van der Waals surface area contributed by atoms with Gasteiger partial charge in [0.05, 0.1) is 24.2 Å². The van der Waals surface area contributed by atoms with Gasteiger partial charge in [0, 0.05) is 5.56 Å². The molecule has 0 spiro atoms. The fraction of sp³-hybridized carbons (Fsp3) is 0.348. The molecule has 5 heteroatoms. The Labute approximate surface area is 163 Å². The van der Waals surface area contributed by atoms with Crippen molar-refractivity contribution in [2.75, 3.05) is 0 Å². The number of ether oxygens (including phenoxy) is 1. The zero-order valence-electron chi connectivity index (χ0n) is 15.9. The Balaban J connectivity index is 1.52. The topological polar surface area (TPSA) is 59.0 Å². The predicted octanol–water partition coefficient (Wildman–Crippen LogP) is 3.77. The number of rotatable bonds is 4. The third-order valence-corrected chi connectivity index (χ3v) is 6.04. The van der Waals surface area contributed by atoms with E-state index >= 15 is 0 Å². The summed E-state index contributed by atoms with van der Waals surface area (Å²) >= 11 is 0. The number of nitrogens with zero attached hydrogens (tertiary/aromatic N) is 2. The van der Waals surface area contributed by atoms with Crippen LogP contribution in [-0.4, -0.2) is 29.1 Å². The van der Waals surface area contributed by atoms with Gasteiger partial charge in [-0.2, -0.15) is 10.1 Å². The Morgan fingerprint density at radius 2 is 1.71 bits per heavy atom. The van der Waals surface area contributed by atoms with Crippen molar-refractivity contribution in [3.05, 3.63) is 54.1 Å². The Hall–Kier alpha value is -2.95. The number of hydrogen-bond donors (Lipinski definition) is 0.